The van der Waals surface area contributed by atoms with Crippen LogP contribution >= 0.6 is 11.6 Å². The molecule has 1 aromatic heterocycles. The number of imidazole rings is 1. The third-order valence-electron chi connectivity index (χ3n) is 2.83. The number of anilines is 1. The molecule has 0 fully saturated rings. The molecule has 0 bridgehead atoms. The van der Waals surface area contributed by atoms with Gasteiger partial charge in [0.2, 0.25) is 5.95 Å². The maximum absolute atomic E-state index is 13.4. The van der Waals surface area contributed by atoms with Crippen LogP contribution in [0, 0.1) is 5.82 Å². The molecule has 0 aliphatic heterocycles. The number of rotatable bonds is 3. The maximum atomic E-state index is 13.4. The quantitative estimate of drug-likeness (QED) is 0.934. The van der Waals surface area contributed by atoms with E-state index >= 15 is 0 Å². The highest BCUT2D eigenvalue weighted by atomic mass is 35.5. The third-order valence-corrected chi connectivity index (χ3v) is 3.12. The number of halogens is 2. The molecule has 0 atom stereocenters. The second kappa shape index (κ2) is 4.40. The van der Waals surface area contributed by atoms with Crippen LogP contribution in [0.25, 0.3) is 11.0 Å². The van der Waals surface area contributed by atoms with Gasteiger partial charge in [0.25, 0.3) is 0 Å². The zero-order chi connectivity index (χ0) is 13.5. The molecule has 2 N–H and O–H groups in total. The Balaban J connectivity index is 2.70. The molecule has 2 rings (SSSR count). The molecule has 0 radical (unpaired) electrons. The number of hydrogen-bond acceptors (Lipinski definition) is 3. The Labute approximate surface area is 109 Å². The number of fused-ring (bicyclic) bond motifs is 1. The second-order valence-electron chi connectivity index (χ2n) is 4.81. The monoisotopic (exact) mass is 271 g/mol. The molecule has 0 amide bonds. The maximum Gasteiger partial charge on any atom is 0.201 e. The smallest absolute Gasteiger partial charge is 0.201 e. The summed E-state index contributed by atoms with van der Waals surface area (Å²) in [6.45, 7) is 4.38. The molecule has 1 heterocycles. The molecule has 1 aromatic carbocycles. The van der Waals surface area contributed by atoms with E-state index in [4.69, 9.17) is 22.1 Å². The number of nitrogens with zero attached hydrogens (tertiary/aromatic N) is 2. The lowest BCUT2D eigenvalue weighted by atomic mass is 10.1. The van der Waals surface area contributed by atoms with Gasteiger partial charge < -0.3 is 15.0 Å². The lowest BCUT2D eigenvalue weighted by Gasteiger charge is -2.27. The highest BCUT2D eigenvalue weighted by molar-refractivity contribution is 6.31. The third kappa shape index (κ3) is 2.04. The molecule has 18 heavy (non-hydrogen) atoms. The first-order chi connectivity index (χ1) is 8.36. The van der Waals surface area contributed by atoms with Crippen LogP contribution in [0.3, 0.4) is 0 Å². The predicted molar refractivity (Wildman–Crippen MR) is 70.3 cm³/mol. The minimum Gasteiger partial charge on any atom is -0.382 e. The highest BCUT2D eigenvalue weighted by Crippen LogP contribution is 2.30. The molecule has 0 saturated heterocycles. The van der Waals surface area contributed by atoms with E-state index in [0.29, 0.717) is 23.6 Å². The molecule has 98 valence electrons. The predicted octanol–water partition coefficient (Wildman–Crippen LogP) is 2.79. The zero-order valence-corrected chi connectivity index (χ0v) is 11.3. The summed E-state index contributed by atoms with van der Waals surface area (Å²) in [6.07, 6.45) is 0. The van der Waals surface area contributed by atoms with Gasteiger partial charge in [0.15, 0.2) is 0 Å². The van der Waals surface area contributed by atoms with Crippen molar-refractivity contribution in [2.24, 2.45) is 0 Å². The summed E-state index contributed by atoms with van der Waals surface area (Å²) >= 11 is 5.81. The number of methoxy groups -OCH3 is 1. The topological polar surface area (TPSA) is 53.1 Å². The van der Waals surface area contributed by atoms with Gasteiger partial charge in [-0.05, 0) is 19.9 Å². The highest BCUT2D eigenvalue weighted by Gasteiger charge is 2.25. The van der Waals surface area contributed by atoms with Gasteiger partial charge >= 0.3 is 0 Å². The van der Waals surface area contributed by atoms with Crippen molar-refractivity contribution >= 4 is 28.6 Å². The molecular weight excluding hydrogens is 257 g/mol. The summed E-state index contributed by atoms with van der Waals surface area (Å²) in [7, 11) is 1.61. The molecule has 0 unspecified atom stereocenters. The molecule has 6 heteroatoms. The van der Waals surface area contributed by atoms with Gasteiger partial charge in [0, 0.05) is 13.2 Å². The zero-order valence-electron chi connectivity index (χ0n) is 10.5. The molecule has 0 spiro atoms. The van der Waals surface area contributed by atoms with Crippen molar-refractivity contribution < 1.29 is 9.13 Å². The van der Waals surface area contributed by atoms with Gasteiger partial charge in [-0.1, -0.05) is 11.6 Å². The van der Waals surface area contributed by atoms with Gasteiger partial charge in [0.05, 0.1) is 28.2 Å². The second-order valence-corrected chi connectivity index (χ2v) is 5.21. The van der Waals surface area contributed by atoms with Crippen molar-refractivity contribution in [3.8, 4) is 0 Å². The summed E-state index contributed by atoms with van der Waals surface area (Å²) in [5.74, 6) is -0.188. The normalized spacial score (nSPS) is 12.3. The number of nitrogens with two attached hydrogens (primary N) is 1. The van der Waals surface area contributed by atoms with Crippen LogP contribution in [0.15, 0.2) is 12.1 Å². The Hall–Kier alpha value is -1.33. The van der Waals surface area contributed by atoms with E-state index in [1.54, 1.807) is 11.7 Å². The minimum absolute atomic E-state index is 0.0527. The number of nitrogen functional groups attached to an aromatic ring is 1. The Kier molecular flexibility index (Phi) is 3.21. The van der Waals surface area contributed by atoms with Crippen LogP contribution in [0.5, 0.6) is 0 Å². The van der Waals surface area contributed by atoms with Crippen molar-refractivity contribution in [3.05, 3.63) is 23.0 Å². The Morgan fingerprint density at radius 3 is 2.78 bits per heavy atom. The fourth-order valence-corrected chi connectivity index (χ4v) is 2.30. The first kappa shape index (κ1) is 13.1. The average molecular weight is 272 g/mol. The number of ether oxygens (including phenoxy) is 1. The Morgan fingerprint density at radius 2 is 2.17 bits per heavy atom. The van der Waals surface area contributed by atoms with Crippen molar-refractivity contribution in [1.29, 1.82) is 0 Å². The minimum atomic E-state index is -0.502. The van der Waals surface area contributed by atoms with E-state index < -0.39 is 11.4 Å². The average Bonchev–Trinajstić information content (AvgIpc) is 2.55. The van der Waals surface area contributed by atoms with Crippen LogP contribution in [0.4, 0.5) is 10.3 Å². The van der Waals surface area contributed by atoms with Gasteiger partial charge in [0.1, 0.15) is 5.82 Å². The first-order valence-corrected chi connectivity index (χ1v) is 5.87. The van der Waals surface area contributed by atoms with Gasteiger partial charge in [-0.15, -0.1) is 0 Å². The Bertz CT molecular complexity index is 595. The summed E-state index contributed by atoms with van der Waals surface area (Å²) in [5.41, 5.74) is 6.69. The van der Waals surface area contributed by atoms with Crippen molar-refractivity contribution in [1.82, 2.24) is 9.55 Å². The van der Waals surface area contributed by atoms with Crippen molar-refractivity contribution in [2.45, 2.75) is 19.4 Å². The summed E-state index contributed by atoms with van der Waals surface area (Å²) in [5, 5.41) is 0.0527. The molecule has 0 aliphatic carbocycles. The largest absolute Gasteiger partial charge is 0.382 e. The Morgan fingerprint density at radius 1 is 1.50 bits per heavy atom. The van der Waals surface area contributed by atoms with Crippen molar-refractivity contribution in [3.63, 3.8) is 0 Å². The summed E-state index contributed by atoms with van der Waals surface area (Å²) in [6, 6.07) is 2.82. The molecule has 2 aromatic rings. The first-order valence-electron chi connectivity index (χ1n) is 5.49. The molecule has 0 aliphatic rings. The van der Waals surface area contributed by atoms with E-state index in [9.17, 15) is 4.39 Å². The SMILES string of the molecule is COCC(C)(C)n1c(N)nc2cc(F)c(Cl)cc21. The van der Waals surface area contributed by atoms with Gasteiger partial charge in [-0.25, -0.2) is 9.37 Å². The summed E-state index contributed by atoms with van der Waals surface area (Å²) in [4.78, 5) is 4.15. The molecule has 0 saturated carbocycles. The molecular formula is C12H15ClFN3O. The van der Waals surface area contributed by atoms with Crippen LogP contribution in [-0.4, -0.2) is 23.3 Å². The van der Waals surface area contributed by atoms with E-state index in [1.165, 1.54) is 12.1 Å². The lowest BCUT2D eigenvalue weighted by Crippen LogP contribution is -2.32. The van der Waals surface area contributed by atoms with Crippen LogP contribution < -0.4 is 5.73 Å². The van der Waals surface area contributed by atoms with E-state index in [0.717, 1.165) is 0 Å². The number of aromatic nitrogens is 2. The van der Waals surface area contributed by atoms with Gasteiger partial charge in [-0.2, -0.15) is 0 Å². The van der Waals surface area contributed by atoms with Crippen LogP contribution in [0.2, 0.25) is 5.02 Å². The summed E-state index contributed by atoms with van der Waals surface area (Å²) < 4.78 is 20.4. The van der Waals surface area contributed by atoms with Crippen molar-refractivity contribution in [2.75, 3.05) is 19.5 Å². The van der Waals surface area contributed by atoms with E-state index in [2.05, 4.69) is 4.98 Å². The fourth-order valence-electron chi connectivity index (χ4n) is 2.15. The molecule has 4 nitrogen and oxygen atoms in total. The van der Waals surface area contributed by atoms with E-state index in [1.807, 2.05) is 13.8 Å². The standard InChI is InChI=1S/C12H15ClFN3O/c1-12(2,6-18-3)17-10-4-7(13)8(14)5-9(10)16-11(17)15/h4-5H,6H2,1-3H3,(H2,15,16). The number of benzene rings is 1. The van der Waals surface area contributed by atoms with Crippen LogP contribution in [0.1, 0.15) is 13.8 Å². The van der Waals surface area contributed by atoms with E-state index in [-0.39, 0.29) is 5.02 Å². The van der Waals surface area contributed by atoms with Crippen LogP contribution in [-0.2, 0) is 10.3 Å². The fraction of sp³-hybridized carbons (Fsp3) is 0.417. The number of hydrogen-bond donors (Lipinski definition) is 1. The lowest BCUT2D eigenvalue weighted by molar-refractivity contribution is 0.113. The van der Waals surface area contributed by atoms with Gasteiger partial charge in [-0.3, -0.25) is 0 Å².